The number of hydrogen-bond donors (Lipinski definition) is 1. The highest BCUT2D eigenvalue weighted by Gasteiger charge is 2.27. The maximum Gasteiger partial charge on any atom is 0.106 e. The van der Waals surface area contributed by atoms with Crippen LogP contribution in [0.15, 0.2) is 17.6 Å². The zero-order valence-corrected chi connectivity index (χ0v) is 12.2. The van der Waals surface area contributed by atoms with Crippen LogP contribution in [0.4, 0.5) is 11.4 Å². The lowest BCUT2D eigenvalue weighted by atomic mass is 10.1. The molecular weight excluding hydrogens is 262 g/mol. The molecule has 0 radical (unpaired) electrons. The normalized spacial score (nSPS) is 24.7. The summed E-state index contributed by atoms with van der Waals surface area (Å²) in [5, 5.41) is 0.643. The highest BCUT2D eigenvalue weighted by atomic mass is 32.2. The first-order valence-corrected chi connectivity index (χ1v) is 8.11. The second-order valence-corrected chi connectivity index (χ2v) is 7.08. The summed E-state index contributed by atoms with van der Waals surface area (Å²) in [6.07, 6.45) is 0. The maximum absolute atomic E-state index is 6.30. The van der Waals surface area contributed by atoms with Crippen LogP contribution >= 0.6 is 23.1 Å². The molecule has 2 atom stereocenters. The molecule has 3 nitrogen and oxygen atoms in total. The predicted molar refractivity (Wildman–Crippen MR) is 82.8 cm³/mol. The van der Waals surface area contributed by atoms with Gasteiger partial charge in [-0.2, -0.15) is 11.8 Å². The molecule has 1 aliphatic rings. The van der Waals surface area contributed by atoms with Crippen LogP contribution in [-0.2, 0) is 0 Å². The summed E-state index contributed by atoms with van der Waals surface area (Å²) in [4.78, 5) is 6.81. The molecule has 96 valence electrons. The highest BCUT2D eigenvalue weighted by molar-refractivity contribution is 8.00. The van der Waals surface area contributed by atoms with Crippen LogP contribution in [0.25, 0.3) is 10.2 Å². The minimum atomic E-state index is 0.516. The van der Waals surface area contributed by atoms with Gasteiger partial charge in [0.25, 0.3) is 0 Å². The molecule has 2 heterocycles. The SMILES string of the molecule is CC1SCCN(c2ccc3scnc3c2N)C1C. The van der Waals surface area contributed by atoms with Crippen LogP contribution in [0.3, 0.4) is 0 Å². The Bertz CT molecular complexity index is 566. The van der Waals surface area contributed by atoms with Crippen molar-refractivity contribution in [2.24, 2.45) is 0 Å². The number of rotatable bonds is 1. The lowest BCUT2D eigenvalue weighted by Gasteiger charge is -2.39. The second kappa shape index (κ2) is 4.63. The van der Waals surface area contributed by atoms with E-state index in [1.54, 1.807) is 11.3 Å². The summed E-state index contributed by atoms with van der Waals surface area (Å²) in [6, 6.07) is 4.80. The first-order chi connectivity index (χ1) is 8.68. The molecule has 2 unspecified atom stereocenters. The Morgan fingerprint density at radius 3 is 3.06 bits per heavy atom. The summed E-state index contributed by atoms with van der Waals surface area (Å²) in [5.41, 5.74) is 11.1. The van der Waals surface area contributed by atoms with Gasteiger partial charge in [0.15, 0.2) is 0 Å². The summed E-state index contributed by atoms with van der Waals surface area (Å²) in [5.74, 6) is 1.17. The van der Waals surface area contributed by atoms with Crippen molar-refractivity contribution < 1.29 is 0 Å². The molecule has 18 heavy (non-hydrogen) atoms. The molecule has 0 amide bonds. The van der Waals surface area contributed by atoms with E-state index in [9.17, 15) is 0 Å². The van der Waals surface area contributed by atoms with E-state index < -0.39 is 0 Å². The van der Waals surface area contributed by atoms with Crippen molar-refractivity contribution in [2.75, 3.05) is 22.9 Å². The number of anilines is 2. The fourth-order valence-corrected chi connectivity index (χ4v) is 4.26. The molecule has 2 N–H and O–H groups in total. The van der Waals surface area contributed by atoms with Gasteiger partial charge in [-0.05, 0) is 19.1 Å². The van der Waals surface area contributed by atoms with Crippen molar-refractivity contribution in [1.82, 2.24) is 4.98 Å². The first kappa shape index (κ1) is 12.1. The zero-order chi connectivity index (χ0) is 12.7. The third-order valence-corrected chi connectivity index (χ3v) is 5.84. The number of thioether (sulfide) groups is 1. The Hall–Kier alpha value is -0.940. The average molecular weight is 279 g/mol. The monoisotopic (exact) mass is 279 g/mol. The Morgan fingerprint density at radius 2 is 2.22 bits per heavy atom. The van der Waals surface area contributed by atoms with E-state index in [-0.39, 0.29) is 0 Å². The average Bonchev–Trinajstić information content (AvgIpc) is 2.83. The van der Waals surface area contributed by atoms with E-state index >= 15 is 0 Å². The van der Waals surface area contributed by atoms with Crippen LogP contribution in [0.5, 0.6) is 0 Å². The summed E-state index contributed by atoms with van der Waals surface area (Å²) < 4.78 is 1.17. The molecule has 0 spiro atoms. The van der Waals surface area contributed by atoms with Crippen molar-refractivity contribution in [3.05, 3.63) is 17.6 Å². The molecule has 1 fully saturated rings. The predicted octanol–water partition coefficient (Wildman–Crippen LogP) is 3.21. The molecule has 2 aromatic rings. The molecule has 5 heteroatoms. The number of aromatic nitrogens is 1. The standard InChI is InChI=1S/C13H17N3S2/c1-8-9(2)17-6-5-16(8)10-3-4-11-13(12(10)14)15-7-18-11/h3-4,7-9H,5-6,14H2,1-2H3. The van der Waals surface area contributed by atoms with Crippen LogP contribution in [0.1, 0.15) is 13.8 Å². The van der Waals surface area contributed by atoms with E-state index in [2.05, 4.69) is 35.9 Å². The number of benzene rings is 1. The fourth-order valence-electron chi connectivity index (χ4n) is 2.47. The number of thiazole rings is 1. The van der Waals surface area contributed by atoms with Crippen molar-refractivity contribution >= 4 is 44.7 Å². The lowest BCUT2D eigenvalue weighted by Crippen LogP contribution is -2.45. The molecular formula is C13H17N3S2. The van der Waals surface area contributed by atoms with Gasteiger partial charge in [0.2, 0.25) is 0 Å². The van der Waals surface area contributed by atoms with E-state index in [0.717, 1.165) is 23.4 Å². The van der Waals surface area contributed by atoms with Crippen LogP contribution in [-0.4, -0.2) is 28.6 Å². The first-order valence-electron chi connectivity index (χ1n) is 6.18. The smallest absolute Gasteiger partial charge is 0.106 e. The molecule has 0 saturated carbocycles. The number of nitrogens with two attached hydrogens (primary N) is 1. The van der Waals surface area contributed by atoms with Gasteiger partial charge in [0.1, 0.15) is 5.52 Å². The molecule has 1 saturated heterocycles. The third-order valence-electron chi connectivity index (χ3n) is 3.71. The second-order valence-electron chi connectivity index (χ2n) is 4.71. The van der Waals surface area contributed by atoms with Gasteiger partial charge in [-0.25, -0.2) is 4.98 Å². The van der Waals surface area contributed by atoms with E-state index in [0.29, 0.717) is 11.3 Å². The molecule has 0 aliphatic carbocycles. The number of hydrogen-bond acceptors (Lipinski definition) is 5. The van der Waals surface area contributed by atoms with Crippen molar-refractivity contribution in [3.63, 3.8) is 0 Å². The summed E-state index contributed by atoms with van der Waals surface area (Å²) >= 11 is 3.68. The third kappa shape index (κ3) is 1.86. The van der Waals surface area contributed by atoms with Crippen LogP contribution < -0.4 is 10.6 Å². The Morgan fingerprint density at radius 1 is 1.39 bits per heavy atom. The van der Waals surface area contributed by atoms with Gasteiger partial charge in [-0.3, -0.25) is 0 Å². The summed E-state index contributed by atoms with van der Waals surface area (Å²) in [7, 11) is 0. The van der Waals surface area contributed by atoms with Gasteiger partial charge in [0.05, 0.1) is 21.6 Å². The molecule has 1 aromatic heterocycles. The van der Waals surface area contributed by atoms with E-state index in [1.807, 2.05) is 17.3 Å². The van der Waals surface area contributed by atoms with Gasteiger partial charge in [-0.1, -0.05) is 6.92 Å². The number of nitrogen functional groups attached to an aromatic ring is 1. The Kier molecular flexibility index (Phi) is 3.11. The molecule has 0 bridgehead atoms. The molecule has 1 aromatic carbocycles. The minimum Gasteiger partial charge on any atom is -0.395 e. The van der Waals surface area contributed by atoms with Gasteiger partial charge in [-0.15, -0.1) is 11.3 Å². The zero-order valence-electron chi connectivity index (χ0n) is 10.6. The minimum absolute atomic E-state index is 0.516. The largest absolute Gasteiger partial charge is 0.395 e. The van der Waals surface area contributed by atoms with Gasteiger partial charge < -0.3 is 10.6 Å². The molecule has 1 aliphatic heterocycles. The lowest BCUT2D eigenvalue weighted by molar-refractivity contribution is 0.628. The van der Waals surface area contributed by atoms with Crippen LogP contribution in [0.2, 0.25) is 0 Å². The fraction of sp³-hybridized carbons (Fsp3) is 0.462. The van der Waals surface area contributed by atoms with Crippen molar-refractivity contribution in [1.29, 1.82) is 0 Å². The Balaban J connectivity index is 2.05. The quantitative estimate of drug-likeness (QED) is 0.814. The topological polar surface area (TPSA) is 42.2 Å². The van der Waals surface area contributed by atoms with Crippen LogP contribution in [0, 0.1) is 0 Å². The van der Waals surface area contributed by atoms with Gasteiger partial charge >= 0.3 is 0 Å². The maximum atomic E-state index is 6.30. The number of nitrogens with zero attached hydrogens (tertiary/aromatic N) is 2. The number of fused-ring (bicyclic) bond motifs is 1. The van der Waals surface area contributed by atoms with E-state index in [4.69, 9.17) is 5.73 Å². The molecule has 3 rings (SSSR count). The summed E-state index contributed by atoms with van der Waals surface area (Å²) in [6.45, 7) is 5.64. The van der Waals surface area contributed by atoms with Crippen molar-refractivity contribution in [2.45, 2.75) is 25.1 Å². The van der Waals surface area contributed by atoms with E-state index in [1.165, 1.54) is 10.5 Å². The van der Waals surface area contributed by atoms with Gasteiger partial charge in [0, 0.05) is 23.6 Å². The Labute approximate surface area is 115 Å². The van der Waals surface area contributed by atoms with Crippen molar-refractivity contribution in [3.8, 4) is 0 Å². The highest BCUT2D eigenvalue weighted by Crippen LogP contribution is 2.36.